The number of anilines is 1. The van der Waals surface area contributed by atoms with Crippen LogP contribution in [-0.2, 0) is 6.54 Å². The average molecular weight is 427 g/mol. The summed E-state index contributed by atoms with van der Waals surface area (Å²) in [4.78, 5) is 18.7. The number of carbonyl (C=O) groups excluding carboxylic acids is 1. The molecule has 0 aromatic heterocycles. The van der Waals surface area contributed by atoms with E-state index in [9.17, 15) is 4.79 Å². The van der Waals surface area contributed by atoms with E-state index in [1.165, 1.54) is 0 Å². The molecule has 0 saturated carbocycles. The van der Waals surface area contributed by atoms with Gasteiger partial charge in [-0.25, -0.2) is 4.79 Å². The molecule has 8 heteroatoms. The molecule has 2 amide bonds. The van der Waals surface area contributed by atoms with Gasteiger partial charge in [0.2, 0.25) is 0 Å². The Bertz CT molecular complexity index is 914. The van der Waals surface area contributed by atoms with Gasteiger partial charge >= 0.3 is 6.03 Å². The molecule has 0 spiro atoms. The Hall–Kier alpha value is -3.26. The highest BCUT2D eigenvalue weighted by Crippen LogP contribution is 2.29. The number of nitrogens with zero attached hydrogens (tertiary/aromatic N) is 2. The van der Waals surface area contributed by atoms with Crippen molar-refractivity contribution in [1.82, 2.24) is 4.90 Å². The molecule has 1 aliphatic heterocycles. The van der Waals surface area contributed by atoms with Crippen LogP contribution < -0.4 is 25.3 Å². The third-order valence-corrected chi connectivity index (χ3v) is 5.35. The van der Waals surface area contributed by atoms with Crippen molar-refractivity contribution in [3.05, 3.63) is 48.0 Å². The molecule has 1 saturated heterocycles. The topological polar surface area (TPSA) is 98.4 Å². The number of amides is 2. The van der Waals surface area contributed by atoms with Crippen molar-refractivity contribution in [2.75, 3.05) is 39.7 Å². The third kappa shape index (κ3) is 6.11. The number of aliphatic imine (C=N–C) groups is 1. The number of urea groups is 1. The van der Waals surface area contributed by atoms with Crippen LogP contribution in [0.15, 0.2) is 47.5 Å². The SMILES string of the molecule is COc1ccc(NC(=O)/N=C(\N)[C@H]2CCCN(Cc3ccc(OC)c(OC)c3)C2)cc1. The summed E-state index contributed by atoms with van der Waals surface area (Å²) >= 11 is 0. The second-order valence-corrected chi connectivity index (χ2v) is 7.46. The molecule has 2 aromatic carbocycles. The Morgan fingerprint density at radius 3 is 2.52 bits per heavy atom. The molecule has 0 unspecified atom stereocenters. The van der Waals surface area contributed by atoms with E-state index >= 15 is 0 Å². The molecule has 1 atom stereocenters. The second kappa shape index (κ2) is 10.7. The van der Waals surface area contributed by atoms with Gasteiger partial charge in [-0.2, -0.15) is 4.99 Å². The lowest BCUT2D eigenvalue weighted by Crippen LogP contribution is -2.41. The minimum Gasteiger partial charge on any atom is -0.497 e. The van der Waals surface area contributed by atoms with Crippen LogP contribution in [0.25, 0.3) is 0 Å². The van der Waals surface area contributed by atoms with E-state index < -0.39 is 6.03 Å². The number of nitrogens with two attached hydrogens (primary N) is 1. The normalized spacial score (nSPS) is 17.1. The van der Waals surface area contributed by atoms with Crippen LogP contribution in [0.2, 0.25) is 0 Å². The number of likely N-dealkylation sites (tertiary alicyclic amines) is 1. The predicted octanol–water partition coefficient (Wildman–Crippen LogP) is 3.51. The highest BCUT2D eigenvalue weighted by atomic mass is 16.5. The Labute approximate surface area is 183 Å². The number of benzene rings is 2. The minimum atomic E-state index is -0.473. The fourth-order valence-corrected chi connectivity index (χ4v) is 3.71. The van der Waals surface area contributed by atoms with Crippen LogP contribution in [0.5, 0.6) is 17.2 Å². The summed E-state index contributed by atoms with van der Waals surface area (Å²) in [6.45, 7) is 2.48. The van der Waals surface area contributed by atoms with Gasteiger partial charge in [0.05, 0.1) is 21.3 Å². The molecule has 3 rings (SSSR count). The molecule has 0 bridgehead atoms. The average Bonchev–Trinajstić information content (AvgIpc) is 2.79. The number of hydrogen-bond acceptors (Lipinski definition) is 5. The molecule has 2 aromatic rings. The standard InChI is InChI=1S/C23H30N4O4/c1-29-19-9-7-18(8-10-19)25-23(28)26-22(24)17-5-4-12-27(15-17)14-16-6-11-20(30-2)21(13-16)31-3/h6-11,13,17H,4-5,12,14-15H2,1-3H3,(H3,24,25,26,28)/t17-/m0/s1. The minimum absolute atomic E-state index is 0.0375. The maximum Gasteiger partial charge on any atom is 0.347 e. The van der Waals surface area contributed by atoms with Crippen molar-refractivity contribution in [2.45, 2.75) is 19.4 Å². The molecule has 31 heavy (non-hydrogen) atoms. The van der Waals surface area contributed by atoms with Crippen LogP contribution in [0.3, 0.4) is 0 Å². The van der Waals surface area contributed by atoms with E-state index in [4.69, 9.17) is 19.9 Å². The lowest BCUT2D eigenvalue weighted by atomic mass is 9.96. The number of piperidine rings is 1. The quantitative estimate of drug-likeness (QED) is 0.519. The van der Waals surface area contributed by atoms with Gasteiger partial charge < -0.3 is 25.3 Å². The summed E-state index contributed by atoms with van der Waals surface area (Å²) in [6.07, 6.45) is 1.90. The van der Waals surface area contributed by atoms with Gasteiger partial charge in [0.1, 0.15) is 11.6 Å². The fourth-order valence-electron chi connectivity index (χ4n) is 3.71. The molecule has 0 radical (unpaired) electrons. The number of carbonyl (C=O) groups is 1. The van der Waals surface area contributed by atoms with Crippen LogP contribution in [0.4, 0.5) is 10.5 Å². The Balaban J connectivity index is 1.59. The predicted molar refractivity (Wildman–Crippen MR) is 121 cm³/mol. The first kappa shape index (κ1) is 22.4. The summed E-state index contributed by atoms with van der Waals surface area (Å²) < 4.78 is 15.8. The van der Waals surface area contributed by atoms with E-state index in [1.807, 2.05) is 18.2 Å². The number of methoxy groups -OCH3 is 3. The molecule has 1 heterocycles. The number of hydrogen-bond donors (Lipinski definition) is 2. The molecular weight excluding hydrogens is 396 g/mol. The van der Waals surface area contributed by atoms with Crippen LogP contribution in [0, 0.1) is 5.92 Å². The van der Waals surface area contributed by atoms with E-state index in [0.717, 1.165) is 43.8 Å². The van der Waals surface area contributed by atoms with E-state index in [-0.39, 0.29) is 5.92 Å². The van der Waals surface area contributed by atoms with Gasteiger partial charge in [-0.15, -0.1) is 0 Å². The lowest BCUT2D eigenvalue weighted by Gasteiger charge is -2.32. The Morgan fingerprint density at radius 1 is 1.10 bits per heavy atom. The van der Waals surface area contributed by atoms with Crippen LogP contribution in [0.1, 0.15) is 18.4 Å². The van der Waals surface area contributed by atoms with E-state index in [0.29, 0.717) is 23.0 Å². The Morgan fingerprint density at radius 2 is 1.84 bits per heavy atom. The molecule has 3 N–H and O–H groups in total. The summed E-state index contributed by atoms with van der Waals surface area (Å²) in [5.74, 6) is 2.54. The monoisotopic (exact) mass is 426 g/mol. The lowest BCUT2D eigenvalue weighted by molar-refractivity contribution is 0.195. The van der Waals surface area contributed by atoms with E-state index in [2.05, 4.69) is 15.2 Å². The highest BCUT2D eigenvalue weighted by Gasteiger charge is 2.23. The van der Waals surface area contributed by atoms with Crippen molar-refractivity contribution in [2.24, 2.45) is 16.6 Å². The zero-order chi connectivity index (χ0) is 22.2. The van der Waals surface area contributed by atoms with Crippen LogP contribution in [-0.4, -0.2) is 51.2 Å². The summed E-state index contributed by atoms with van der Waals surface area (Å²) in [6, 6.07) is 12.5. The zero-order valence-electron chi connectivity index (χ0n) is 18.3. The fraction of sp³-hybridized carbons (Fsp3) is 0.391. The number of amidine groups is 1. The first-order valence-electron chi connectivity index (χ1n) is 10.2. The van der Waals surface area contributed by atoms with Gasteiger partial charge in [-0.3, -0.25) is 4.90 Å². The smallest absolute Gasteiger partial charge is 0.347 e. The molecule has 1 aliphatic rings. The molecule has 1 fully saturated rings. The first-order chi connectivity index (χ1) is 15.0. The Kier molecular flexibility index (Phi) is 7.72. The molecule has 8 nitrogen and oxygen atoms in total. The number of ether oxygens (including phenoxy) is 3. The molecule has 0 aliphatic carbocycles. The van der Waals surface area contributed by atoms with Crippen LogP contribution >= 0.6 is 0 Å². The van der Waals surface area contributed by atoms with Crippen molar-refractivity contribution in [1.29, 1.82) is 0 Å². The van der Waals surface area contributed by atoms with Gasteiger partial charge in [0, 0.05) is 24.7 Å². The molecule has 166 valence electrons. The highest BCUT2D eigenvalue weighted by molar-refractivity contribution is 6.00. The maximum atomic E-state index is 12.3. The third-order valence-electron chi connectivity index (χ3n) is 5.35. The largest absolute Gasteiger partial charge is 0.497 e. The first-order valence-corrected chi connectivity index (χ1v) is 10.2. The summed E-state index contributed by atoms with van der Waals surface area (Å²) in [5, 5.41) is 2.74. The zero-order valence-corrected chi connectivity index (χ0v) is 18.3. The number of nitrogens with one attached hydrogen (secondary N) is 1. The molecular formula is C23H30N4O4. The number of rotatable bonds is 7. The van der Waals surface area contributed by atoms with Gasteiger partial charge in [-0.1, -0.05) is 6.07 Å². The van der Waals surface area contributed by atoms with Gasteiger partial charge in [0.25, 0.3) is 0 Å². The maximum absolute atomic E-state index is 12.3. The van der Waals surface area contributed by atoms with Crippen molar-refractivity contribution in [3.8, 4) is 17.2 Å². The van der Waals surface area contributed by atoms with Crippen molar-refractivity contribution in [3.63, 3.8) is 0 Å². The summed E-state index contributed by atoms with van der Waals surface area (Å²) in [5.41, 5.74) is 7.96. The van der Waals surface area contributed by atoms with E-state index in [1.54, 1.807) is 45.6 Å². The van der Waals surface area contributed by atoms with Gasteiger partial charge in [0.15, 0.2) is 11.5 Å². The van der Waals surface area contributed by atoms with Gasteiger partial charge in [-0.05, 0) is 61.3 Å². The summed E-state index contributed by atoms with van der Waals surface area (Å²) in [7, 11) is 4.85. The second-order valence-electron chi connectivity index (χ2n) is 7.46. The van der Waals surface area contributed by atoms with Crippen molar-refractivity contribution >= 4 is 17.6 Å². The van der Waals surface area contributed by atoms with Crippen molar-refractivity contribution < 1.29 is 19.0 Å².